The van der Waals surface area contributed by atoms with Crippen LogP contribution in [0.25, 0.3) is 11.0 Å². The number of nitrogens with one attached hydrogen (secondary N) is 2. The van der Waals surface area contributed by atoms with Crippen molar-refractivity contribution < 1.29 is 22.4 Å². The molecule has 33 heavy (non-hydrogen) atoms. The maximum absolute atomic E-state index is 13.0. The first kappa shape index (κ1) is 22.4. The monoisotopic (exact) mass is 484 g/mol. The zero-order valence-electron chi connectivity index (χ0n) is 17.4. The van der Waals surface area contributed by atoms with Gasteiger partial charge < -0.3 is 15.1 Å². The van der Waals surface area contributed by atoms with Gasteiger partial charge in [0.05, 0.1) is 11.2 Å². The molecule has 0 saturated heterocycles. The molecule has 4 rings (SSSR count). The number of aryl methyl sites for hydroxylation is 1. The van der Waals surface area contributed by atoms with Gasteiger partial charge in [-0.3, -0.25) is 9.59 Å². The molecule has 0 fully saturated rings. The zero-order chi connectivity index (χ0) is 23.8. The molecule has 168 valence electrons. The van der Waals surface area contributed by atoms with Crippen molar-refractivity contribution in [1.29, 1.82) is 0 Å². The summed E-state index contributed by atoms with van der Waals surface area (Å²) < 4.78 is 29.3. The van der Waals surface area contributed by atoms with Crippen molar-refractivity contribution in [2.75, 3.05) is 16.9 Å². The van der Waals surface area contributed by atoms with E-state index in [1.807, 2.05) is 13.0 Å². The fraction of sp³-hybridized carbons (Fsp3) is 0.0909. The van der Waals surface area contributed by atoms with Gasteiger partial charge in [0.2, 0.25) is 20.8 Å². The quantitative estimate of drug-likeness (QED) is 0.408. The standard InChI is InChI=1S/C22H17ClN4O5S/c1-12-6-5-7-13(10-12)25-21(29)19-17(14-8-3-4-9-16(14)32-19)26-20(28)18-15(23)11-24-22(27-18)33(2,30)31/h3-11H,1-2H3,(H,25,29)(H,26,28). The van der Waals surface area contributed by atoms with Crippen molar-refractivity contribution in [1.82, 2.24) is 9.97 Å². The van der Waals surface area contributed by atoms with Crippen molar-refractivity contribution in [3.05, 3.63) is 76.8 Å². The molecule has 0 radical (unpaired) electrons. The number of sulfone groups is 1. The van der Waals surface area contributed by atoms with E-state index in [0.717, 1.165) is 18.0 Å². The molecular weight excluding hydrogens is 468 g/mol. The van der Waals surface area contributed by atoms with Crippen LogP contribution >= 0.6 is 11.6 Å². The van der Waals surface area contributed by atoms with Crippen LogP contribution in [-0.4, -0.2) is 36.5 Å². The van der Waals surface area contributed by atoms with Gasteiger partial charge in [0.15, 0.2) is 5.69 Å². The molecule has 11 heteroatoms. The minimum absolute atomic E-state index is 0.0938. The van der Waals surface area contributed by atoms with Gasteiger partial charge in [-0.1, -0.05) is 35.9 Å². The number of benzene rings is 2. The lowest BCUT2D eigenvalue weighted by molar-refractivity contribution is 0.0999. The number of nitrogens with zero attached hydrogens (tertiary/aromatic N) is 2. The molecule has 2 heterocycles. The fourth-order valence-corrected chi connectivity index (χ4v) is 3.78. The molecule has 2 aromatic carbocycles. The summed E-state index contributed by atoms with van der Waals surface area (Å²) in [4.78, 5) is 33.4. The van der Waals surface area contributed by atoms with Crippen LogP contribution in [0.15, 0.2) is 64.3 Å². The van der Waals surface area contributed by atoms with Crippen molar-refractivity contribution in [3.8, 4) is 0 Å². The van der Waals surface area contributed by atoms with Gasteiger partial charge in [-0.15, -0.1) is 0 Å². The molecule has 0 aliphatic rings. The number of rotatable bonds is 5. The van der Waals surface area contributed by atoms with Gasteiger partial charge in [0.1, 0.15) is 11.3 Å². The van der Waals surface area contributed by atoms with E-state index in [0.29, 0.717) is 16.7 Å². The third kappa shape index (κ3) is 4.71. The topological polar surface area (TPSA) is 131 Å². The number of carbonyl (C=O) groups excluding carboxylic acids is 2. The highest BCUT2D eigenvalue weighted by atomic mass is 35.5. The summed E-state index contributed by atoms with van der Waals surface area (Å²) in [6.07, 6.45) is 1.94. The normalized spacial score (nSPS) is 11.4. The van der Waals surface area contributed by atoms with E-state index < -0.39 is 26.8 Å². The maximum atomic E-state index is 13.0. The zero-order valence-corrected chi connectivity index (χ0v) is 19.0. The number of aromatic nitrogens is 2. The molecule has 0 bridgehead atoms. The van der Waals surface area contributed by atoms with Crippen LogP contribution in [0.3, 0.4) is 0 Å². The Bertz CT molecular complexity index is 1510. The van der Waals surface area contributed by atoms with E-state index in [2.05, 4.69) is 20.6 Å². The molecular formula is C22H17ClN4O5S. The Morgan fingerprint density at radius 2 is 1.79 bits per heavy atom. The molecule has 2 aromatic heterocycles. The predicted molar refractivity (Wildman–Crippen MR) is 123 cm³/mol. The summed E-state index contributed by atoms with van der Waals surface area (Å²) >= 11 is 6.04. The molecule has 4 aromatic rings. The van der Waals surface area contributed by atoms with Crippen LogP contribution in [0.5, 0.6) is 0 Å². The Kier molecular flexibility index (Phi) is 5.88. The Morgan fingerprint density at radius 3 is 2.52 bits per heavy atom. The minimum Gasteiger partial charge on any atom is -0.449 e. The van der Waals surface area contributed by atoms with Crippen LogP contribution < -0.4 is 10.6 Å². The first-order valence-corrected chi connectivity index (χ1v) is 11.8. The minimum atomic E-state index is -3.78. The lowest BCUT2D eigenvalue weighted by atomic mass is 10.2. The van der Waals surface area contributed by atoms with Crippen molar-refractivity contribution in [2.24, 2.45) is 0 Å². The molecule has 2 N–H and O–H groups in total. The van der Waals surface area contributed by atoms with Crippen molar-refractivity contribution >= 4 is 55.6 Å². The van der Waals surface area contributed by atoms with Gasteiger partial charge in [0, 0.05) is 17.3 Å². The average molecular weight is 485 g/mol. The van der Waals surface area contributed by atoms with Gasteiger partial charge in [-0.05, 0) is 36.8 Å². The second-order valence-corrected chi connectivity index (χ2v) is 9.52. The first-order chi connectivity index (χ1) is 15.6. The highest BCUT2D eigenvalue weighted by molar-refractivity contribution is 7.90. The van der Waals surface area contributed by atoms with Crippen LogP contribution in [0.2, 0.25) is 5.02 Å². The third-order valence-electron chi connectivity index (χ3n) is 4.58. The van der Waals surface area contributed by atoms with E-state index in [4.69, 9.17) is 16.0 Å². The average Bonchev–Trinajstić information content (AvgIpc) is 3.12. The second kappa shape index (κ2) is 8.64. The lowest BCUT2D eigenvalue weighted by Crippen LogP contribution is -2.19. The summed E-state index contributed by atoms with van der Waals surface area (Å²) in [5.41, 5.74) is 1.60. The van der Waals surface area contributed by atoms with Crippen LogP contribution in [0.1, 0.15) is 26.6 Å². The number of fused-ring (bicyclic) bond motifs is 1. The smallest absolute Gasteiger partial charge is 0.293 e. The predicted octanol–water partition coefficient (Wildman–Crippen LogP) is 4.09. The molecule has 0 unspecified atom stereocenters. The number of anilines is 2. The summed E-state index contributed by atoms with van der Waals surface area (Å²) in [6.45, 7) is 1.89. The highest BCUT2D eigenvalue weighted by Crippen LogP contribution is 2.32. The molecule has 0 atom stereocenters. The van der Waals surface area contributed by atoms with E-state index in [9.17, 15) is 18.0 Å². The van der Waals surface area contributed by atoms with Crippen LogP contribution in [0.4, 0.5) is 11.4 Å². The van der Waals surface area contributed by atoms with Crippen molar-refractivity contribution in [3.63, 3.8) is 0 Å². The molecule has 0 aliphatic heterocycles. The molecule has 9 nitrogen and oxygen atoms in total. The number of furan rings is 1. The van der Waals surface area contributed by atoms with Gasteiger partial charge in [0.25, 0.3) is 11.8 Å². The van der Waals surface area contributed by atoms with E-state index >= 15 is 0 Å². The number of carbonyl (C=O) groups is 2. The Balaban J connectivity index is 1.73. The van der Waals surface area contributed by atoms with E-state index in [1.54, 1.807) is 42.5 Å². The molecule has 0 aliphatic carbocycles. The summed E-state index contributed by atoms with van der Waals surface area (Å²) in [5, 5.41) is 5.09. The summed E-state index contributed by atoms with van der Waals surface area (Å²) in [6, 6.07) is 13.9. The Labute approximate surface area is 193 Å². The number of halogens is 1. The Morgan fingerprint density at radius 1 is 1.03 bits per heavy atom. The number of hydrogen-bond donors (Lipinski definition) is 2. The summed E-state index contributed by atoms with van der Waals surface area (Å²) in [5.74, 6) is -1.55. The van der Waals surface area contributed by atoms with Crippen LogP contribution in [-0.2, 0) is 9.84 Å². The fourth-order valence-electron chi connectivity index (χ4n) is 3.10. The highest BCUT2D eigenvalue weighted by Gasteiger charge is 2.25. The molecule has 2 amide bonds. The van der Waals surface area contributed by atoms with Crippen LogP contribution in [0, 0.1) is 6.92 Å². The number of amides is 2. The second-order valence-electron chi connectivity index (χ2n) is 7.20. The van der Waals surface area contributed by atoms with Crippen molar-refractivity contribution in [2.45, 2.75) is 12.1 Å². The van der Waals surface area contributed by atoms with E-state index in [-0.39, 0.29) is 22.2 Å². The van der Waals surface area contributed by atoms with Gasteiger partial charge in [-0.2, -0.15) is 0 Å². The Hall–Kier alpha value is -3.76. The lowest BCUT2D eigenvalue weighted by Gasteiger charge is -2.09. The first-order valence-electron chi connectivity index (χ1n) is 9.57. The number of hydrogen-bond acceptors (Lipinski definition) is 7. The summed E-state index contributed by atoms with van der Waals surface area (Å²) in [7, 11) is -3.78. The molecule has 0 spiro atoms. The van der Waals surface area contributed by atoms with E-state index in [1.165, 1.54) is 0 Å². The SMILES string of the molecule is Cc1cccc(NC(=O)c2oc3ccccc3c2NC(=O)c2nc(S(C)(=O)=O)ncc2Cl)c1. The number of para-hydroxylation sites is 1. The third-order valence-corrected chi connectivity index (χ3v) is 5.72. The maximum Gasteiger partial charge on any atom is 0.293 e. The van der Waals surface area contributed by atoms with Gasteiger partial charge >= 0.3 is 0 Å². The largest absolute Gasteiger partial charge is 0.449 e. The molecule has 0 saturated carbocycles. The van der Waals surface area contributed by atoms with Gasteiger partial charge in [-0.25, -0.2) is 18.4 Å².